The van der Waals surface area contributed by atoms with Crippen LogP contribution in [0.1, 0.15) is 59.3 Å². The van der Waals surface area contributed by atoms with Gasteiger partial charge < -0.3 is 10.1 Å². The number of hydrogen-bond acceptors (Lipinski definition) is 2. The highest BCUT2D eigenvalue weighted by atomic mass is 16.5. The first-order valence-electron chi connectivity index (χ1n) is 6.87. The minimum absolute atomic E-state index is 0.0376. The van der Waals surface area contributed by atoms with Crippen molar-refractivity contribution in [3.63, 3.8) is 0 Å². The molecule has 1 aliphatic rings. The van der Waals surface area contributed by atoms with Gasteiger partial charge in [-0.15, -0.1) is 0 Å². The number of hydrogen-bond donors (Lipinski definition) is 1. The summed E-state index contributed by atoms with van der Waals surface area (Å²) in [5, 5.41) is 3.71. The summed E-state index contributed by atoms with van der Waals surface area (Å²) in [6, 6.07) is 0.725. The Bertz CT molecular complexity index is 187. The fourth-order valence-electron chi connectivity index (χ4n) is 2.28. The molecule has 0 amide bonds. The second-order valence-electron chi connectivity index (χ2n) is 5.75. The van der Waals surface area contributed by atoms with Crippen LogP contribution in [0.25, 0.3) is 0 Å². The van der Waals surface area contributed by atoms with Gasteiger partial charge in [-0.2, -0.15) is 0 Å². The van der Waals surface area contributed by atoms with E-state index in [2.05, 4.69) is 26.1 Å². The maximum Gasteiger partial charge on any atom is 0.0623 e. The molecule has 0 spiro atoms. The molecule has 2 heteroatoms. The highest BCUT2D eigenvalue weighted by Crippen LogP contribution is 2.32. The molecule has 0 aromatic carbocycles. The average molecular weight is 227 g/mol. The van der Waals surface area contributed by atoms with Crippen LogP contribution in [0.15, 0.2) is 0 Å². The Labute approximate surface area is 101 Å². The zero-order valence-corrected chi connectivity index (χ0v) is 11.5. The smallest absolute Gasteiger partial charge is 0.0623 e. The van der Waals surface area contributed by atoms with Crippen LogP contribution in [0.4, 0.5) is 0 Å². The van der Waals surface area contributed by atoms with Gasteiger partial charge in [-0.1, -0.05) is 13.3 Å². The minimum atomic E-state index is 0.0376. The first-order chi connectivity index (χ1) is 7.59. The molecule has 1 rings (SSSR count). The first-order valence-corrected chi connectivity index (χ1v) is 6.87. The van der Waals surface area contributed by atoms with Crippen LogP contribution in [-0.2, 0) is 4.74 Å². The van der Waals surface area contributed by atoms with Gasteiger partial charge >= 0.3 is 0 Å². The van der Waals surface area contributed by atoms with Crippen molar-refractivity contribution in [3.05, 3.63) is 0 Å². The third kappa shape index (κ3) is 4.42. The molecule has 1 saturated carbocycles. The van der Waals surface area contributed by atoms with E-state index < -0.39 is 0 Å². The van der Waals surface area contributed by atoms with Crippen molar-refractivity contribution >= 4 is 0 Å². The Morgan fingerprint density at radius 1 is 1.38 bits per heavy atom. The third-order valence-electron chi connectivity index (χ3n) is 3.99. The highest BCUT2D eigenvalue weighted by molar-refractivity contribution is 4.84. The second kappa shape index (κ2) is 6.61. The van der Waals surface area contributed by atoms with Gasteiger partial charge in [0, 0.05) is 13.2 Å². The van der Waals surface area contributed by atoms with E-state index in [-0.39, 0.29) is 5.60 Å². The second-order valence-corrected chi connectivity index (χ2v) is 5.75. The van der Waals surface area contributed by atoms with Gasteiger partial charge in [0.1, 0.15) is 0 Å². The molecule has 1 atom stereocenters. The van der Waals surface area contributed by atoms with E-state index in [9.17, 15) is 0 Å². The molecule has 0 aromatic rings. The Morgan fingerprint density at radius 3 is 2.50 bits per heavy atom. The monoisotopic (exact) mass is 227 g/mol. The van der Waals surface area contributed by atoms with Crippen LogP contribution in [0.5, 0.6) is 0 Å². The predicted octanol–water partition coefficient (Wildman–Crippen LogP) is 3.36. The summed E-state index contributed by atoms with van der Waals surface area (Å²) in [7, 11) is 1.82. The van der Waals surface area contributed by atoms with Crippen molar-refractivity contribution in [3.8, 4) is 0 Å². The largest absolute Gasteiger partial charge is 0.379 e. The average Bonchev–Trinajstić information content (AvgIpc) is 2.19. The van der Waals surface area contributed by atoms with Crippen LogP contribution >= 0.6 is 0 Å². The van der Waals surface area contributed by atoms with Crippen LogP contribution in [0.3, 0.4) is 0 Å². The number of nitrogens with one attached hydrogen (secondary N) is 1. The molecule has 1 unspecified atom stereocenters. The van der Waals surface area contributed by atoms with Crippen molar-refractivity contribution in [2.75, 3.05) is 13.7 Å². The number of methoxy groups -OCH3 is 1. The molecular weight excluding hydrogens is 198 g/mol. The molecule has 0 aliphatic heterocycles. The molecule has 1 N–H and O–H groups in total. The van der Waals surface area contributed by atoms with Crippen molar-refractivity contribution in [2.24, 2.45) is 5.92 Å². The fourth-order valence-corrected chi connectivity index (χ4v) is 2.28. The number of ether oxygens (including phenoxy) is 1. The van der Waals surface area contributed by atoms with Gasteiger partial charge in [0.15, 0.2) is 0 Å². The van der Waals surface area contributed by atoms with Crippen molar-refractivity contribution < 1.29 is 4.74 Å². The maximum absolute atomic E-state index is 5.50. The van der Waals surface area contributed by atoms with Crippen molar-refractivity contribution in [1.82, 2.24) is 5.32 Å². The molecule has 0 bridgehead atoms. The van der Waals surface area contributed by atoms with Gasteiger partial charge in [-0.3, -0.25) is 0 Å². The lowest BCUT2D eigenvalue weighted by molar-refractivity contribution is 0.00869. The van der Waals surface area contributed by atoms with E-state index >= 15 is 0 Å². The van der Waals surface area contributed by atoms with E-state index in [1.165, 1.54) is 32.1 Å². The lowest BCUT2D eigenvalue weighted by Gasteiger charge is -2.36. The predicted molar refractivity (Wildman–Crippen MR) is 69.7 cm³/mol. The molecule has 0 aromatic heterocycles. The topological polar surface area (TPSA) is 21.3 Å². The van der Waals surface area contributed by atoms with E-state index in [0.717, 1.165) is 24.9 Å². The van der Waals surface area contributed by atoms with Gasteiger partial charge in [-0.05, 0) is 58.4 Å². The lowest BCUT2D eigenvalue weighted by Crippen LogP contribution is -2.41. The molecule has 1 aliphatic carbocycles. The van der Waals surface area contributed by atoms with Crippen LogP contribution < -0.4 is 5.32 Å². The summed E-state index contributed by atoms with van der Waals surface area (Å²) >= 11 is 0. The molecule has 96 valence electrons. The zero-order valence-electron chi connectivity index (χ0n) is 11.5. The highest BCUT2D eigenvalue weighted by Gasteiger charge is 2.28. The van der Waals surface area contributed by atoms with Crippen LogP contribution in [0, 0.1) is 5.92 Å². The lowest BCUT2D eigenvalue weighted by atomic mass is 9.77. The summed E-state index contributed by atoms with van der Waals surface area (Å²) in [6.45, 7) is 7.77. The van der Waals surface area contributed by atoms with E-state index in [0.29, 0.717) is 0 Å². The Hall–Kier alpha value is -0.0800. The van der Waals surface area contributed by atoms with Gasteiger partial charge in [-0.25, -0.2) is 0 Å². The summed E-state index contributed by atoms with van der Waals surface area (Å²) < 4.78 is 5.50. The zero-order chi connectivity index (χ0) is 12.0. The fraction of sp³-hybridized carbons (Fsp3) is 1.00. The van der Waals surface area contributed by atoms with E-state index in [1.54, 1.807) is 0 Å². The maximum atomic E-state index is 5.50. The number of rotatable bonds is 8. The van der Waals surface area contributed by atoms with Crippen LogP contribution in [-0.4, -0.2) is 25.3 Å². The molecule has 16 heavy (non-hydrogen) atoms. The molecule has 0 saturated heterocycles. The van der Waals surface area contributed by atoms with Gasteiger partial charge in [0.25, 0.3) is 0 Å². The van der Waals surface area contributed by atoms with E-state index in [4.69, 9.17) is 4.74 Å². The first kappa shape index (κ1) is 14.0. The third-order valence-corrected chi connectivity index (χ3v) is 3.99. The standard InChI is InChI=1S/C14H29NO/c1-5-11-15-13(12-7-6-8-12)9-10-14(2,3)16-4/h12-13,15H,5-11H2,1-4H3. The Morgan fingerprint density at radius 2 is 2.06 bits per heavy atom. The molecule has 0 heterocycles. The summed E-state index contributed by atoms with van der Waals surface area (Å²) in [6.07, 6.45) is 7.93. The molecular formula is C14H29NO. The summed E-state index contributed by atoms with van der Waals surface area (Å²) in [5.74, 6) is 0.930. The Balaban J connectivity index is 2.31. The van der Waals surface area contributed by atoms with Gasteiger partial charge in [0.2, 0.25) is 0 Å². The Kier molecular flexibility index (Phi) is 5.77. The van der Waals surface area contributed by atoms with Gasteiger partial charge in [0.05, 0.1) is 5.60 Å². The van der Waals surface area contributed by atoms with Crippen molar-refractivity contribution in [2.45, 2.75) is 70.9 Å². The molecule has 2 nitrogen and oxygen atoms in total. The quantitative estimate of drug-likeness (QED) is 0.686. The molecule has 1 fully saturated rings. The van der Waals surface area contributed by atoms with Crippen LogP contribution in [0.2, 0.25) is 0 Å². The van der Waals surface area contributed by atoms with E-state index in [1.807, 2.05) is 7.11 Å². The summed E-state index contributed by atoms with van der Waals surface area (Å²) in [5.41, 5.74) is 0.0376. The van der Waals surface area contributed by atoms with Crippen molar-refractivity contribution in [1.29, 1.82) is 0 Å². The normalized spacial score (nSPS) is 19.5. The minimum Gasteiger partial charge on any atom is -0.379 e. The summed E-state index contributed by atoms with van der Waals surface area (Å²) in [4.78, 5) is 0. The molecule has 0 radical (unpaired) electrons. The SMILES string of the molecule is CCCNC(CCC(C)(C)OC)C1CCC1.